The Bertz CT molecular complexity index is 852. The number of halogens is 1. The number of carbonyl (C=O) groups excluding carboxylic acids is 1. The molecule has 0 atom stereocenters. The number of nitrogens with one attached hydrogen (secondary N) is 1. The zero-order chi connectivity index (χ0) is 16.2. The van der Waals surface area contributed by atoms with Crippen molar-refractivity contribution in [3.05, 3.63) is 40.8 Å². The summed E-state index contributed by atoms with van der Waals surface area (Å²) in [5, 5.41) is 4.85. The maximum atomic E-state index is 12.1. The molecule has 0 bridgehead atoms. The first-order valence-corrected chi connectivity index (χ1v) is 9.12. The van der Waals surface area contributed by atoms with E-state index in [0.717, 1.165) is 21.7 Å². The summed E-state index contributed by atoms with van der Waals surface area (Å²) in [5.41, 5.74) is 0.511. The first kappa shape index (κ1) is 16.2. The number of pyridine rings is 1. The van der Waals surface area contributed by atoms with Crippen LogP contribution >= 0.6 is 34.7 Å². The highest BCUT2D eigenvalue weighted by Crippen LogP contribution is 2.31. The molecular weight excluding hydrogens is 352 g/mol. The predicted octanol–water partition coefficient (Wildman–Crippen LogP) is 4.03. The molecule has 0 aliphatic heterocycles. The van der Waals surface area contributed by atoms with E-state index >= 15 is 0 Å². The Labute approximate surface area is 146 Å². The third-order valence-corrected chi connectivity index (χ3v) is 5.56. The molecule has 5 nitrogen and oxygen atoms in total. The summed E-state index contributed by atoms with van der Waals surface area (Å²) in [4.78, 5) is 26.8. The minimum atomic E-state index is -0.150. The number of thiophene rings is 1. The van der Waals surface area contributed by atoms with Crippen LogP contribution in [0, 0.1) is 0 Å². The summed E-state index contributed by atoms with van der Waals surface area (Å²) in [6, 6.07) is 5.53. The van der Waals surface area contributed by atoms with Crippen molar-refractivity contribution >= 4 is 56.5 Å². The summed E-state index contributed by atoms with van der Waals surface area (Å²) in [7, 11) is 0. The maximum Gasteiger partial charge on any atom is 0.234 e. The Morgan fingerprint density at radius 1 is 1.39 bits per heavy atom. The van der Waals surface area contributed by atoms with Crippen LogP contribution in [0.1, 0.15) is 11.8 Å². The van der Waals surface area contributed by atoms with E-state index in [4.69, 9.17) is 11.6 Å². The van der Waals surface area contributed by atoms with Crippen molar-refractivity contribution < 1.29 is 4.79 Å². The first-order valence-electron chi connectivity index (χ1n) is 6.94. The molecule has 3 aromatic heterocycles. The van der Waals surface area contributed by atoms with Crippen molar-refractivity contribution in [2.24, 2.45) is 0 Å². The highest BCUT2D eigenvalue weighted by atomic mass is 35.5. The van der Waals surface area contributed by atoms with E-state index in [-0.39, 0.29) is 16.8 Å². The van der Waals surface area contributed by atoms with Crippen LogP contribution < -0.4 is 5.32 Å². The van der Waals surface area contributed by atoms with Crippen molar-refractivity contribution in [1.82, 2.24) is 15.0 Å². The highest BCUT2D eigenvalue weighted by Gasteiger charge is 2.11. The molecule has 3 aromatic rings. The Kier molecular flexibility index (Phi) is 5.09. The van der Waals surface area contributed by atoms with Crippen molar-refractivity contribution in [3.8, 4) is 0 Å². The van der Waals surface area contributed by atoms with Gasteiger partial charge in [0.2, 0.25) is 5.91 Å². The van der Waals surface area contributed by atoms with Crippen molar-refractivity contribution in [3.63, 3.8) is 0 Å². The Hall–Kier alpha value is -1.70. The lowest BCUT2D eigenvalue weighted by molar-refractivity contribution is -0.113. The fourth-order valence-electron chi connectivity index (χ4n) is 1.97. The lowest BCUT2D eigenvalue weighted by Crippen LogP contribution is -2.14. The van der Waals surface area contributed by atoms with Crippen molar-refractivity contribution in [2.75, 3.05) is 11.1 Å². The summed E-state index contributed by atoms with van der Waals surface area (Å²) in [5.74, 6) is 0.0943. The van der Waals surface area contributed by atoms with Gasteiger partial charge in [0, 0.05) is 16.5 Å². The van der Waals surface area contributed by atoms with E-state index in [0.29, 0.717) is 5.69 Å². The lowest BCUT2D eigenvalue weighted by atomic mass is 10.3. The smallest absolute Gasteiger partial charge is 0.234 e. The van der Waals surface area contributed by atoms with Crippen LogP contribution in [0.15, 0.2) is 35.7 Å². The summed E-state index contributed by atoms with van der Waals surface area (Å²) in [6.45, 7) is 2.11. The maximum absolute atomic E-state index is 12.1. The van der Waals surface area contributed by atoms with Gasteiger partial charge < -0.3 is 5.32 Å². The third kappa shape index (κ3) is 3.80. The van der Waals surface area contributed by atoms with E-state index in [1.165, 1.54) is 23.0 Å². The molecule has 3 heterocycles. The summed E-state index contributed by atoms with van der Waals surface area (Å²) in [6.07, 6.45) is 4.08. The number of aryl methyl sites for hydroxylation is 1. The molecule has 3 rings (SSSR count). The predicted molar refractivity (Wildman–Crippen MR) is 95.4 cm³/mol. The molecule has 0 spiro atoms. The Morgan fingerprint density at radius 3 is 3.04 bits per heavy atom. The number of nitrogens with zero attached hydrogens (tertiary/aromatic N) is 3. The SMILES string of the molecule is CCc1cc2c(SCC(=O)Nc3cccnc3Cl)ncnc2s1. The van der Waals surface area contributed by atoms with Crippen LogP contribution in [0.5, 0.6) is 0 Å². The van der Waals surface area contributed by atoms with Gasteiger partial charge >= 0.3 is 0 Å². The normalized spacial score (nSPS) is 10.9. The van der Waals surface area contributed by atoms with Gasteiger partial charge in [0.05, 0.1) is 11.4 Å². The van der Waals surface area contributed by atoms with Gasteiger partial charge in [0.15, 0.2) is 5.15 Å². The number of aromatic nitrogens is 3. The molecule has 0 fully saturated rings. The van der Waals surface area contributed by atoms with Crippen molar-refractivity contribution in [2.45, 2.75) is 18.4 Å². The molecule has 0 saturated heterocycles. The zero-order valence-corrected chi connectivity index (χ0v) is 14.6. The molecule has 118 valence electrons. The topological polar surface area (TPSA) is 67.8 Å². The van der Waals surface area contributed by atoms with Gasteiger partial charge in [-0.3, -0.25) is 4.79 Å². The van der Waals surface area contributed by atoms with Crippen LogP contribution in [0.2, 0.25) is 5.15 Å². The number of fused-ring (bicyclic) bond motifs is 1. The average molecular weight is 365 g/mol. The Morgan fingerprint density at radius 2 is 2.26 bits per heavy atom. The first-order chi connectivity index (χ1) is 11.2. The molecule has 23 heavy (non-hydrogen) atoms. The number of rotatable bonds is 5. The number of amides is 1. The molecule has 0 radical (unpaired) electrons. The second-order valence-corrected chi connectivity index (χ2v) is 7.08. The highest BCUT2D eigenvalue weighted by molar-refractivity contribution is 8.00. The number of thioether (sulfide) groups is 1. The van der Waals surface area contributed by atoms with Crippen LogP contribution in [-0.2, 0) is 11.2 Å². The molecule has 0 saturated carbocycles. The Balaban J connectivity index is 1.69. The molecule has 0 aromatic carbocycles. The minimum Gasteiger partial charge on any atom is -0.323 e. The third-order valence-electron chi connectivity index (χ3n) is 3.07. The number of hydrogen-bond acceptors (Lipinski definition) is 6. The van der Waals surface area contributed by atoms with Gasteiger partial charge in [-0.15, -0.1) is 11.3 Å². The average Bonchev–Trinajstić information content (AvgIpc) is 2.99. The molecule has 8 heteroatoms. The monoisotopic (exact) mass is 364 g/mol. The van der Waals surface area contributed by atoms with Crippen molar-refractivity contribution in [1.29, 1.82) is 0 Å². The lowest BCUT2D eigenvalue weighted by Gasteiger charge is -2.06. The molecule has 0 aliphatic carbocycles. The van der Waals surface area contributed by atoms with Gasteiger partial charge in [0.1, 0.15) is 16.2 Å². The molecule has 0 aliphatic rings. The fourth-order valence-corrected chi connectivity index (χ4v) is 3.91. The molecule has 1 amide bonds. The van der Waals surface area contributed by atoms with Crippen LogP contribution in [0.3, 0.4) is 0 Å². The van der Waals surface area contributed by atoms with E-state index in [1.807, 2.05) is 0 Å². The van der Waals surface area contributed by atoms with Gasteiger partial charge in [-0.1, -0.05) is 30.3 Å². The quantitative estimate of drug-likeness (QED) is 0.420. The van der Waals surface area contributed by atoms with Gasteiger partial charge in [-0.2, -0.15) is 0 Å². The molecular formula is C15H13ClN4OS2. The minimum absolute atomic E-state index is 0.150. The largest absolute Gasteiger partial charge is 0.323 e. The number of hydrogen-bond donors (Lipinski definition) is 1. The van der Waals surface area contributed by atoms with E-state index < -0.39 is 0 Å². The molecule has 0 unspecified atom stereocenters. The number of anilines is 1. The van der Waals surface area contributed by atoms with Crippen LogP contribution in [0.25, 0.3) is 10.2 Å². The second kappa shape index (κ2) is 7.25. The summed E-state index contributed by atoms with van der Waals surface area (Å²) < 4.78 is 0. The van der Waals surface area contributed by atoms with E-state index in [9.17, 15) is 4.79 Å². The van der Waals surface area contributed by atoms with Crippen LogP contribution in [0.4, 0.5) is 5.69 Å². The van der Waals surface area contributed by atoms with Gasteiger partial charge in [-0.25, -0.2) is 15.0 Å². The zero-order valence-electron chi connectivity index (χ0n) is 12.2. The standard InChI is InChI=1S/C15H13ClN4OS2/c1-2-9-6-10-14(18-8-19-15(10)23-9)22-7-12(21)20-11-4-3-5-17-13(11)16/h3-6,8H,2,7H2,1H3,(H,20,21). The summed E-state index contributed by atoms with van der Waals surface area (Å²) >= 11 is 8.98. The van der Waals surface area contributed by atoms with Gasteiger partial charge in [0.25, 0.3) is 0 Å². The second-order valence-electron chi connectivity index (χ2n) is 4.64. The van der Waals surface area contributed by atoms with E-state index in [1.54, 1.807) is 29.7 Å². The van der Waals surface area contributed by atoms with Gasteiger partial charge in [-0.05, 0) is 24.6 Å². The van der Waals surface area contributed by atoms with Crippen LogP contribution in [-0.4, -0.2) is 26.6 Å². The molecule has 1 N–H and O–H groups in total. The van der Waals surface area contributed by atoms with E-state index in [2.05, 4.69) is 33.3 Å². The fraction of sp³-hybridized carbons (Fsp3) is 0.200. The number of carbonyl (C=O) groups is 1.